The highest BCUT2D eigenvalue weighted by Gasteiger charge is 2.16. The van der Waals surface area contributed by atoms with E-state index in [1.165, 1.54) is 25.7 Å². The van der Waals surface area contributed by atoms with Crippen LogP contribution in [0.5, 0.6) is 0 Å². The Kier molecular flexibility index (Phi) is 10.0. The normalized spacial score (nSPS) is 12.3. The van der Waals surface area contributed by atoms with Gasteiger partial charge in [0.25, 0.3) is 0 Å². The quantitative estimate of drug-likeness (QED) is 0.155. The first-order valence-electron chi connectivity index (χ1n) is 11.3. The number of rotatable bonds is 8. The summed E-state index contributed by atoms with van der Waals surface area (Å²) in [5.74, 6) is 0.498. The van der Waals surface area contributed by atoms with Crippen LogP contribution in [0.3, 0.4) is 0 Å². The maximum absolute atomic E-state index is 4.64. The summed E-state index contributed by atoms with van der Waals surface area (Å²) in [6.45, 7) is 8.72. The highest BCUT2D eigenvalue weighted by molar-refractivity contribution is 14.2. The van der Waals surface area contributed by atoms with Gasteiger partial charge in [0, 0.05) is 28.8 Å². The number of nitrogens with zero attached hydrogens (tertiary/aromatic N) is 5. The van der Waals surface area contributed by atoms with Crippen LogP contribution in [0, 0.1) is 0 Å². The van der Waals surface area contributed by atoms with Gasteiger partial charge in [0.05, 0.1) is 39.7 Å². The smallest absolute Gasteiger partial charge is 0.0944 e. The number of aromatic nitrogens is 5. The zero-order valence-corrected chi connectivity index (χ0v) is 23.2. The average Bonchev–Trinajstić information content (AvgIpc) is 3.50. The van der Waals surface area contributed by atoms with E-state index in [9.17, 15) is 0 Å². The van der Waals surface area contributed by atoms with E-state index in [1.54, 1.807) is 11.3 Å². The molecule has 32 heavy (non-hydrogen) atoms. The Balaban J connectivity index is 0.000000913. The Morgan fingerprint density at radius 2 is 1.84 bits per heavy atom. The highest BCUT2D eigenvalue weighted by Crippen LogP contribution is 2.37. The molecule has 2 unspecified atom stereocenters. The lowest BCUT2D eigenvalue weighted by molar-refractivity contribution is 0.552. The van der Waals surface area contributed by atoms with E-state index in [-0.39, 0.29) is 0 Å². The Morgan fingerprint density at radius 3 is 2.47 bits per heavy atom. The van der Waals surface area contributed by atoms with E-state index in [0.717, 1.165) is 44.7 Å². The van der Waals surface area contributed by atoms with Gasteiger partial charge in [-0.2, -0.15) is 15.3 Å². The lowest BCUT2D eigenvalue weighted by Gasteiger charge is -2.13. The fourth-order valence-corrected chi connectivity index (χ4v) is 5.53. The van der Waals surface area contributed by atoms with Gasteiger partial charge in [0.1, 0.15) is 0 Å². The van der Waals surface area contributed by atoms with E-state index >= 15 is 0 Å². The molecule has 3 heterocycles. The van der Waals surface area contributed by atoms with Crippen molar-refractivity contribution >= 4 is 50.0 Å². The van der Waals surface area contributed by atoms with Gasteiger partial charge >= 0.3 is 0 Å². The number of hydrogen-bond donors (Lipinski definition) is 0. The number of unbranched alkanes of at least 4 members (excludes halogenated alkanes) is 1. The van der Waals surface area contributed by atoms with Crippen LogP contribution in [0.2, 0.25) is 0 Å². The molecule has 1 aromatic carbocycles. The Morgan fingerprint density at radius 1 is 1.06 bits per heavy atom. The summed E-state index contributed by atoms with van der Waals surface area (Å²) in [5.41, 5.74) is 8.22. The molecule has 0 aliphatic rings. The Bertz CT molecular complexity index is 1110. The van der Waals surface area contributed by atoms with Crippen LogP contribution in [0.25, 0.3) is 32.6 Å². The first kappa shape index (κ1) is 25.2. The van der Waals surface area contributed by atoms with Crippen LogP contribution in [-0.2, 0) is 0 Å². The molecule has 0 spiro atoms. The zero-order valence-electron chi connectivity index (χ0n) is 19.2. The van der Waals surface area contributed by atoms with E-state index in [2.05, 4.69) is 100 Å². The molecule has 8 heteroatoms. The summed E-state index contributed by atoms with van der Waals surface area (Å²) < 4.78 is 3.10. The van der Waals surface area contributed by atoms with Gasteiger partial charge in [-0.1, -0.05) is 59.1 Å². The second kappa shape index (κ2) is 12.7. The summed E-state index contributed by atoms with van der Waals surface area (Å²) in [6.07, 6.45) is 10.6. The monoisotopic (exact) mass is 579 g/mol. The molecule has 0 amide bonds. The molecule has 0 aliphatic carbocycles. The number of benzene rings is 1. The van der Waals surface area contributed by atoms with Crippen molar-refractivity contribution in [3.05, 3.63) is 47.9 Å². The summed E-state index contributed by atoms with van der Waals surface area (Å²) in [5, 5.41) is 13.6. The van der Waals surface area contributed by atoms with Gasteiger partial charge in [-0.25, -0.2) is 9.44 Å². The minimum Gasteiger partial charge on any atom is -0.245 e. The molecular weight excluding hydrogens is 548 g/mol. The van der Waals surface area contributed by atoms with E-state index in [1.807, 2.05) is 16.2 Å². The number of thiazole rings is 1. The van der Waals surface area contributed by atoms with Crippen LogP contribution in [0.1, 0.15) is 71.4 Å². The summed E-state index contributed by atoms with van der Waals surface area (Å²) in [6, 6.07) is 8.52. The van der Waals surface area contributed by atoms with E-state index < -0.39 is 0 Å². The maximum atomic E-state index is 4.64. The van der Waals surface area contributed by atoms with Crippen molar-refractivity contribution in [2.45, 2.75) is 65.7 Å². The SMILES string of the molecule is CCC.CCCCC(CC)c1ccc(-c2ccc(-c3cnn(PI)c3)c3ncsc23)nn1. The summed E-state index contributed by atoms with van der Waals surface area (Å²) >= 11 is 3.98. The fourth-order valence-electron chi connectivity index (χ4n) is 3.61. The number of halogens is 1. The van der Waals surface area contributed by atoms with Crippen molar-refractivity contribution in [1.82, 2.24) is 24.7 Å². The molecule has 0 N–H and O–H groups in total. The van der Waals surface area contributed by atoms with Gasteiger partial charge in [-0.15, -0.1) is 11.3 Å². The third-order valence-corrected chi connectivity index (χ3v) is 8.00. The predicted octanol–water partition coefficient (Wildman–Crippen LogP) is 8.51. The first-order chi connectivity index (χ1) is 15.7. The predicted molar refractivity (Wildman–Crippen MR) is 148 cm³/mol. The zero-order chi connectivity index (χ0) is 22.9. The molecule has 0 radical (unpaired) electrons. The second-order valence-corrected chi connectivity index (χ2v) is 10.7. The lowest BCUT2D eigenvalue weighted by Crippen LogP contribution is -2.02. The minimum absolute atomic E-state index is 0.498. The Labute approximate surface area is 209 Å². The van der Waals surface area contributed by atoms with Crippen molar-refractivity contribution in [2.24, 2.45) is 0 Å². The molecule has 5 nitrogen and oxygen atoms in total. The summed E-state index contributed by atoms with van der Waals surface area (Å²) in [7, 11) is 0. The Hall–Kier alpha value is -1.44. The van der Waals surface area contributed by atoms with Gasteiger partial charge < -0.3 is 0 Å². The minimum atomic E-state index is 0.498. The van der Waals surface area contributed by atoms with Crippen molar-refractivity contribution in [2.75, 3.05) is 0 Å². The van der Waals surface area contributed by atoms with E-state index in [0.29, 0.717) is 12.3 Å². The molecule has 0 saturated heterocycles. The maximum Gasteiger partial charge on any atom is 0.0944 e. The standard InChI is InChI=1S/C21H23IN5PS.C3H8/c1-3-5-6-14(4-2)18-9-10-19(26-25-18)17-8-7-16(20-21(17)29-13-23-20)15-11-24-27(12-15)28-22;1-3-2/h7-14,28H,3-6H2,1-2H3;3H2,1-2H3. The molecule has 3 aromatic heterocycles. The van der Waals surface area contributed by atoms with Crippen molar-refractivity contribution < 1.29 is 0 Å². The molecule has 170 valence electrons. The van der Waals surface area contributed by atoms with Gasteiger partial charge in [-0.3, -0.25) is 0 Å². The van der Waals surface area contributed by atoms with Gasteiger partial charge in [0.15, 0.2) is 0 Å². The van der Waals surface area contributed by atoms with Crippen LogP contribution in [0.4, 0.5) is 0 Å². The largest absolute Gasteiger partial charge is 0.245 e. The highest BCUT2D eigenvalue weighted by atomic mass is 127. The molecule has 0 fully saturated rings. The van der Waals surface area contributed by atoms with E-state index in [4.69, 9.17) is 0 Å². The lowest BCUT2D eigenvalue weighted by atomic mass is 9.95. The van der Waals surface area contributed by atoms with Crippen molar-refractivity contribution in [1.29, 1.82) is 0 Å². The van der Waals surface area contributed by atoms with Crippen LogP contribution in [0.15, 0.2) is 42.2 Å². The third kappa shape index (κ3) is 5.91. The number of hydrogen-bond acceptors (Lipinski definition) is 5. The average molecular weight is 579 g/mol. The molecule has 0 bridgehead atoms. The summed E-state index contributed by atoms with van der Waals surface area (Å²) in [4.78, 5) is 4.64. The molecule has 4 rings (SSSR count). The molecular formula is C24H31IN5PS. The molecule has 0 saturated carbocycles. The van der Waals surface area contributed by atoms with Gasteiger partial charge in [-0.05, 0) is 47.0 Å². The van der Waals surface area contributed by atoms with Gasteiger partial charge in [0.2, 0.25) is 0 Å². The fraction of sp³-hybridized carbons (Fsp3) is 0.417. The molecule has 0 aliphatic heterocycles. The van der Waals surface area contributed by atoms with Crippen molar-refractivity contribution in [3.63, 3.8) is 0 Å². The first-order valence-corrected chi connectivity index (χ1v) is 16.2. The molecule has 2 atom stereocenters. The topological polar surface area (TPSA) is 56.5 Å². The molecule has 4 aromatic rings. The third-order valence-electron chi connectivity index (χ3n) is 5.24. The van der Waals surface area contributed by atoms with Crippen molar-refractivity contribution in [3.8, 4) is 22.4 Å². The second-order valence-electron chi connectivity index (χ2n) is 7.75. The van der Waals surface area contributed by atoms with Crippen LogP contribution < -0.4 is 0 Å². The number of fused-ring (bicyclic) bond motifs is 1. The van der Waals surface area contributed by atoms with Crippen LogP contribution in [-0.4, -0.2) is 24.7 Å². The van der Waals surface area contributed by atoms with Crippen LogP contribution >= 0.6 is 39.8 Å².